The quantitative estimate of drug-likeness (QED) is 0.0216. The molecule has 97 heavy (non-hydrogen) atoms. The fraction of sp³-hybridized carbons (Fsp3) is 0.211. The molecule has 3 aromatic carbocycles. The van der Waals surface area contributed by atoms with Crippen molar-refractivity contribution >= 4 is 139 Å². The van der Waals surface area contributed by atoms with Gasteiger partial charge < -0.3 is 94.1 Å². The van der Waals surface area contributed by atoms with Gasteiger partial charge in [0.15, 0.2) is 33.5 Å². The molecule has 0 aliphatic carbocycles. The van der Waals surface area contributed by atoms with Crippen LogP contribution in [0.2, 0.25) is 0 Å². The maximum Gasteiger partial charge on any atom is 3.00 e. The fourth-order valence-electron chi connectivity index (χ4n) is 8.25. The number of H-pyrrole nitrogens is 3. The van der Waals surface area contributed by atoms with E-state index in [0.29, 0.717) is 34.1 Å². The Morgan fingerprint density at radius 1 is 0.402 bits per heavy atom. The summed E-state index contributed by atoms with van der Waals surface area (Å²) in [6.07, 6.45) is 1.99. The van der Waals surface area contributed by atoms with Gasteiger partial charge in [-0.1, -0.05) is 0 Å². The van der Waals surface area contributed by atoms with Crippen LogP contribution in [-0.2, 0) is 48.4 Å². The molecule has 3 atom stereocenters. The van der Waals surface area contributed by atoms with E-state index < -0.39 is 108 Å². The molecule has 6 heterocycles. The standard InChI is InChI=1S/3C19H19N7O6.Al/c3*20-19-25-15-14(17(30)26-19)23-11(8-22-15)7-21-10-3-1-9(2-4-10)16(29)24-12(18(31)32)5-6-13(27)28;/h3*1-4,8,12,21H,5-7H2,(H,24,29)(H,27,28)(H,31,32)(H3,20,22,25,26,30);/q;;;+3/p-3/t3*12-;/m000./s1. The number of benzene rings is 3. The smallest absolute Gasteiger partial charge is 0.550 e. The molecular formula is C57H54AlN21O18. The van der Waals surface area contributed by atoms with Gasteiger partial charge in [-0.3, -0.25) is 43.7 Å². The van der Waals surface area contributed by atoms with E-state index >= 15 is 0 Å². The van der Waals surface area contributed by atoms with Gasteiger partial charge in [0.1, 0.15) is 18.1 Å². The summed E-state index contributed by atoms with van der Waals surface area (Å²) in [6.45, 7) is 0.674. The van der Waals surface area contributed by atoms with Gasteiger partial charge in [0, 0.05) is 51.7 Å². The zero-order valence-corrected chi connectivity index (χ0v) is 51.2. The molecule has 9 rings (SSSR count). The Hall–Kier alpha value is -13.1. The van der Waals surface area contributed by atoms with Crippen LogP contribution in [0.15, 0.2) is 106 Å². The number of aromatic amines is 3. The van der Waals surface area contributed by atoms with E-state index in [0.717, 1.165) is 0 Å². The van der Waals surface area contributed by atoms with Crippen molar-refractivity contribution < 1.29 is 73.8 Å². The van der Waals surface area contributed by atoms with Crippen LogP contribution in [-0.4, -0.2) is 164 Å². The minimum absolute atomic E-state index is 0. The maximum absolute atomic E-state index is 12.3. The minimum atomic E-state index is -1.40. The van der Waals surface area contributed by atoms with E-state index in [4.69, 9.17) is 32.5 Å². The second kappa shape index (κ2) is 34.0. The first-order chi connectivity index (χ1) is 45.7. The molecule has 0 aliphatic heterocycles. The van der Waals surface area contributed by atoms with Gasteiger partial charge in [0.2, 0.25) is 17.8 Å². The predicted molar refractivity (Wildman–Crippen MR) is 334 cm³/mol. The number of nitrogens with one attached hydrogen (secondary N) is 9. The molecule has 0 bridgehead atoms. The number of carboxylic acid groups (broad SMARTS) is 6. The zero-order chi connectivity index (χ0) is 69.8. The molecule has 40 heteroatoms. The van der Waals surface area contributed by atoms with Crippen LogP contribution >= 0.6 is 0 Å². The van der Waals surface area contributed by atoms with Crippen LogP contribution in [0.4, 0.5) is 34.9 Å². The Kier molecular flexibility index (Phi) is 25.6. The third-order valence-electron chi connectivity index (χ3n) is 13.0. The second-order valence-corrected chi connectivity index (χ2v) is 20.1. The molecule has 18 N–H and O–H groups in total. The molecule has 0 radical (unpaired) electrons. The summed E-state index contributed by atoms with van der Waals surface area (Å²) in [5.74, 6) is -10.4. The van der Waals surface area contributed by atoms with E-state index in [-0.39, 0.29) is 124 Å². The van der Waals surface area contributed by atoms with Gasteiger partial charge in [-0.2, -0.15) is 15.0 Å². The average Bonchev–Trinajstić information content (AvgIpc) is 0.854. The summed E-state index contributed by atoms with van der Waals surface area (Å²) in [6, 6.07) is 14.3. The van der Waals surface area contributed by atoms with E-state index in [1.165, 1.54) is 55.0 Å². The molecule has 39 nitrogen and oxygen atoms in total. The molecule has 0 saturated carbocycles. The van der Waals surface area contributed by atoms with Crippen molar-refractivity contribution in [3.05, 3.63) is 156 Å². The number of amides is 3. The Balaban J connectivity index is 0.000000229. The van der Waals surface area contributed by atoms with Crippen molar-refractivity contribution in [3.8, 4) is 0 Å². The number of nitrogens with two attached hydrogens (primary N) is 3. The minimum Gasteiger partial charge on any atom is -0.550 e. The van der Waals surface area contributed by atoms with Gasteiger partial charge in [0.25, 0.3) is 34.4 Å². The Bertz CT molecular complexity index is 4140. The monoisotopic (exact) mass is 1350 g/mol. The van der Waals surface area contributed by atoms with E-state index in [2.05, 4.69) is 91.7 Å². The van der Waals surface area contributed by atoms with Gasteiger partial charge in [-0.25, -0.2) is 44.3 Å². The Morgan fingerprint density at radius 3 is 0.856 bits per heavy atom. The number of carboxylic acids is 6. The van der Waals surface area contributed by atoms with Crippen LogP contribution in [0.5, 0.6) is 0 Å². The molecule has 6 aromatic heterocycles. The maximum atomic E-state index is 12.3. The van der Waals surface area contributed by atoms with Crippen molar-refractivity contribution in [2.24, 2.45) is 0 Å². The van der Waals surface area contributed by atoms with Crippen molar-refractivity contribution in [2.45, 2.75) is 76.3 Å². The number of anilines is 6. The normalized spacial score (nSPS) is 11.5. The molecule has 0 aliphatic rings. The Labute approximate surface area is 552 Å². The molecule has 0 spiro atoms. The van der Waals surface area contributed by atoms with Crippen LogP contribution in [0.25, 0.3) is 33.5 Å². The van der Waals surface area contributed by atoms with Crippen LogP contribution in [0.3, 0.4) is 0 Å². The average molecular weight is 1350 g/mol. The van der Waals surface area contributed by atoms with Gasteiger partial charge in [0.05, 0.1) is 55.3 Å². The Morgan fingerprint density at radius 2 is 0.639 bits per heavy atom. The van der Waals surface area contributed by atoms with Gasteiger partial charge in [-0.15, -0.1) is 0 Å². The summed E-state index contributed by atoms with van der Waals surface area (Å²) >= 11 is 0. The van der Waals surface area contributed by atoms with Crippen LogP contribution in [0, 0.1) is 0 Å². The third kappa shape index (κ3) is 21.8. The molecule has 0 unspecified atom stereocenters. The summed E-state index contributed by atoms with van der Waals surface area (Å²) in [4.78, 5) is 181. The number of aromatic nitrogens is 12. The van der Waals surface area contributed by atoms with E-state index in [1.807, 2.05) is 0 Å². The number of carbonyl (C=O) groups is 9. The number of aliphatic carboxylic acids is 6. The van der Waals surface area contributed by atoms with Crippen LogP contribution < -0.4 is 81.1 Å². The topological polar surface area (TPSA) is 648 Å². The first kappa shape index (κ1) is 72.9. The van der Waals surface area contributed by atoms with Gasteiger partial charge in [-0.05, 0) is 111 Å². The summed E-state index contributed by atoms with van der Waals surface area (Å²) < 4.78 is 0. The molecule has 9 aromatic rings. The summed E-state index contributed by atoms with van der Waals surface area (Å²) in [5, 5.41) is 74.9. The molecule has 3 amide bonds. The number of rotatable bonds is 27. The predicted octanol–water partition coefficient (Wildman–Crippen LogP) is -4.52. The summed E-state index contributed by atoms with van der Waals surface area (Å²) in [5.41, 5.74) is 19.3. The van der Waals surface area contributed by atoms with Crippen LogP contribution in [0.1, 0.15) is 86.7 Å². The number of nitrogens with zero attached hydrogens (tertiary/aromatic N) is 9. The number of hydrogen-bond donors (Lipinski definition) is 15. The van der Waals surface area contributed by atoms with E-state index in [9.17, 15) is 72.9 Å². The fourth-order valence-corrected chi connectivity index (χ4v) is 8.25. The first-order valence-corrected chi connectivity index (χ1v) is 27.9. The third-order valence-corrected chi connectivity index (χ3v) is 13.0. The zero-order valence-electron chi connectivity index (χ0n) is 50.1. The molecule has 0 fully saturated rings. The largest absolute Gasteiger partial charge is 3.00 e. The van der Waals surface area contributed by atoms with E-state index in [1.54, 1.807) is 36.4 Å². The molecular weight excluding hydrogens is 1290 g/mol. The SMILES string of the molecule is Nc1nc2ncc(CNc3ccc(C(=O)N[C@@H](CCC(=O)[O-])C(=O)O)cc3)nc2c(=O)[nH]1.Nc1nc2ncc(CNc3ccc(C(=O)N[C@@H](CCC(=O)[O-])C(=O)O)cc3)nc2c(=O)[nH]1.Nc1nc2ncc(CNc3ccc(C(=O)N[C@@H](CCC(=O)[O-])C(=O)O)cc3)nc2c(=O)[nH]1.[Al+3]. The molecule has 0 saturated heterocycles. The number of fused-ring (bicyclic) bond motifs is 3. The second-order valence-electron chi connectivity index (χ2n) is 20.1. The number of nitrogen functional groups attached to an aromatic ring is 3. The number of carbonyl (C=O) groups excluding carboxylic acids is 6. The summed E-state index contributed by atoms with van der Waals surface area (Å²) in [7, 11) is 0. The molecule has 498 valence electrons. The van der Waals surface area contributed by atoms with Crippen molar-refractivity contribution in [1.82, 2.24) is 75.8 Å². The first-order valence-electron chi connectivity index (χ1n) is 27.9. The van der Waals surface area contributed by atoms with Gasteiger partial charge >= 0.3 is 35.3 Å². The van der Waals surface area contributed by atoms with Crippen molar-refractivity contribution in [3.63, 3.8) is 0 Å². The van der Waals surface area contributed by atoms with Crippen molar-refractivity contribution in [2.75, 3.05) is 33.2 Å². The van der Waals surface area contributed by atoms with Crippen molar-refractivity contribution in [1.29, 1.82) is 0 Å². The number of hydrogen-bond acceptors (Lipinski definition) is 30.